The molecule has 0 heterocycles. The highest BCUT2D eigenvalue weighted by molar-refractivity contribution is 9.10. The zero-order valence-electron chi connectivity index (χ0n) is 12.4. The first-order chi connectivity index (χ1) is 10.6. The van der Waals surface area contributed by atoms with Gasteiger partial charge in [0.15, 0.2) is 0 Å². The molecule has 0 unspecified atom stereocenters. The van der Waals surface area contributed by atoms with Gasteiger partial charge in [0.05, 0.1) is 12.8 Å². The summed E-state index contributed by atoms with van der Waals surface area (Å²) >= 11 is 3.41. The standard InChI is InChI=1S/C17H17BrN2O2/c1-20(15-6-4-3-5-7-15)19-17(21)11-8-13-12-14(18)9-10-16(13)22-2/h3-12H,1-2H3,(H,19,21)/b11-8+. The number of halogens is 1. The molecule has 0 atom stereocenters. The van der Waals surface area contributed by atoms with Crippen molar-refractivity contribution in [2.75, 3.05) is 19.2 Å². The van der Waals surface area contributed by atoms with Gasteiger partial charge in [0.25, 0.3) is 5.91 Å². The molecular formula is C17H17BrN2O2. The summed E-state index contributed by atoms with van der Waals surface area (Å²) in [5, 5.41) is 1.67. The first-order valence-corrected chi connectivity index (χ1v) is 7.50. The van der Waals surface area contributed by atoms with Crippen LogP contribution in [0, 0.1) is 0 Å². The predicted molar refractivity (Wildman–Crippen MR) is 92.7 cm³/mol. The molecule has 0 spiro atoms. The van der Waals surface area contributed by atoms with Gasteiger partial charge >= 0.3 is 0 Å². The molecule has 0 saturated heterocycles. The maximum atomic E-state index is 12.0. The van der Waals surface area contributed by atoms with Gasteiger partial charge in [-0.3, -0.25) is 15.2 Å². The van der Waals surface area contributed by atoms with E-state index in [9.17, 15) is 4.79 Å². The van der Waals surface area contributed by atoms with Crippen molar-refractivity contribution >= 4 is 33.6 Å². The molecule has 1 amide bonds. The number of benzene rings is 2. The average Bonchev–Trinajstić information content (AvgIpc) is 2.54. The van der Waals surface area contributed by atoms with Crippen LogP contribution in [0.1, 0.15) is 5.56 Å². The number of amides is 1. The smallest absolute Gasteiger partial charge is 0.262 e. The molecule has 0 saturated carbocycles. The van der Waals surface area contributed by atoms with Crippen LogP contribution in [-0.2, 0) is 4.79 Å². The van der Waals surface area contributed by atoms with E-state index in [-0.39, 0.29) is 5.91 Å². The first-order valence-electron chi connectivity index (χ1n) is 6.71. The summed E-state index contributed by atoms with van der Waals surface area (Å²) in [6.45, 7) is 0. The Hall–Kier alpha value is -2.27. The maximum Gasteiger partial charge on any atom is 0.262 e. The summed E-state index contributed by atoms with van der Waals surface area (Å²) in [7, 11) is 3.39. The average molecular weight is 361 g/mol. The third-order valence-corrected chi connectivity index (χ3v) is 3.52. The molecule has 4 nitrogen and oxygen atoms in total. The number of anilines is 1. The molecule has 0 bridgehead atoms. The van der Waals surface area contributed by atoms with Crippen LogP contribution in [-0.4, -0.2) is 20.1 Å². The van der Waals surface area contributed by atoms with E-state index >= 15 is 0 Å². The van der Waals surface area contributed by atoms with Crippen molar-refractivity contribution in [3.63, 3.8) is 0 Å². The lowest BCUT2D eigenvalue weighted by atomic mass is 10.2. The molecule has 2 aromatic carbocycles. The summed E-state index contributed by atoms with van der Waals surface area (Å²) < 4.78 is 6.19. The lowest BCUT2D eigenvalue weighted by molar-refractivity contribution is -0.116. The number of carbonyl (C=O) groups excluding carboxylic acids is 1. The minimum Gasteiger partial charge on any atom is -0.496 e. The molecule has 0 aliphatic carbocycles. The summed E-state index contributed by atoms with van der Waals surface area (Å²) in [5.41, 5.74) is 4.51. The molecule has 0 aromatic heterocycles. The number of nitrogens with zero attached hydrogens (tertiary/aromatic N) is 1. The molecule has 114 valence electrons. The normalized spacial score (nSPS) is 10.5. The molecule has 0 aliphatic heterocycles. The fraction of sp³-hybridized carbons (Fsp3) is 0.118. The van der Waals surface area contributed by atoms with Crippen molar-refractivity contribution in [1.29, 1.82) is 0 Å². The van der Waals surface area contributed by atoms with Gasteiger partial charge in [-0.05, 0) is 36.4 Å². The van der Waals surface area contributed by atoms with Gasteiger partial charge in [0.2, 0.25) is 0 Å². The quantitative estimate of drug-likeness (QED) is 0.653. The number of ether oxygens (including phenoxy) is 1. The highest BCUT2D eigenvalue weighted by atomic mass is 79.9. The molecule has 1 N–H and O–H groups in total. The van der Waals surface area contributed by atoms with Crippen molar-refractivity contribution in [3.8, 4) is 5.75 Å². The number of para-hydroxylation sites is 1. The van der Waals surface area contributed by atoms with E-state index < -0.39 is 0 Å². The van der Waals surface area contributed by atoms with Gasteiger partial charge < -0.3 is 4.74 Å². The summed E-state index contributed by atoms with van der Waals surface area (Å²) in [4.78, 5) is 12.0. The monoisotopic (exact) mass is 360 g/mol. The van der Waals surface area contributed by atoms with Gasteiger partial charge in [0.1, 0.15) is 5.75 Å². The van der Waals surface area contributed by atoms with Crippen LogP contribution in [0.4, 0.5) is 5.69 Å². The Labute approximate surface area is 138 Å². The molecule has 0 fully saturated rings. The van der Waals surface area contributed by atoms with Gasteiger partial charge in [0, 0.05) is 23.2 Å². The summed E-state index contributed by atoms with van der Waals surface area (Å²) in [5.74, 6) is 0.497. The third kappa shape index (κ3) is 4.36. The Morgan fingerprint density at radius 1 is 1.23 bits per heavy atom. The third-order valence-electron chi connectivity index (χ3n) is 3.03. The molecular weight excluding hydrogens is 344 g/mol. The maximum absolute atomic E-state index is 12.0. The van der Waals surface area contributed by atoms with E-state index in [2.05, 4.69) is 21.4 Å². The molecule has 5 heteroatoms. The van der Waals surface area contributed by atoms with Gasteiger partial charge in [-0.1, -0.05) is 34.1 Å². The van der Waals surface area contributed by atoms with Crippen molar-refractivity contribution in [2.45, 2.75) is 0 Å². The van der Waals surface area contributed by atoms with Crippen LogP contribution >= 0.6 is 15.9 Å². The van der Waals surface area contributed by atoms with E-state index in [1.54, 1.807) is 25.2 Å². The zero-order valence-corrected chi connectivity index (χ0v) is 14.0. The number of hydrazine groups is 1. The minimum absolute atomic E-state index is 0.214. The van der Waals surface area contributed by atoms with Crippen LogP contribution in [0.15, 0.2) is 59.1 Å². The van der Waals surface area contributed by atoms with Crippen LogP contribution in [0.3, 0.4) is 0 Å². The second kappa shape index (κ2) is 7.66. The molecule has 22 heavy (non-hydrogen) atoms. The van der Waals surface area contributed by atoms with E-state index in [1.165, 1.54) is 6.08 Å². The number of hydrogen-bond acceptors (Lipinski definition) is 3. The largest absolute Gasteiger partial charge is 0.496 e. The summed E-state index contributed by atoms with van der Waals surface area (Å²) in [6, 6.07) is 15.2. The van der Waals surface area contributed by atoms with Crippen molar-refractivity contribution < 1.29 is 9.53 Å². The lowest BCUT2D eigenvalue weighted by Crippen LogP contribution is -2.38. The highest BCUT2D eigenvalue weighted by Gasteiger charge is 2.04. The number of hydrogen-bond donors (Lipinski definition) is 1. The molecule has 0 radical (unpaired) electrons. The van der Waals surface area contributed by atoms with Crippen LogP contribution in [0.2, 0.25) is 0 Å². The van der Waals surface area contributed by atoms with E-state index in [1.807, 2.05) is 48.5 Å². The molecule has 2 aromatic rings. The fourth-order valence-electron chi connectivity index (χ4n) is 1.92. The Balaban J connectivity index is 2.04. The van der Waals surface area contributed by atoms with E-state index in [4.69, 9.17) is 4.74 Å². The van der Waals surface area contributed by atoms with Crippen molar-refractivity contribution in [2.24, 2.45) is 0 Å². The Kier molecular flexibility index (Phi) is 5.61. The van der Waals surface area contributed by atoms with Crippen LogP contribution < -0.4 is 15.2 Å². The summed E-state index contributed by atoms with van der Waals surface area (Å²) in [6.07, 6.45) is 3.20. The molecule has 2 rings (SSSR count). The second-order valence-corrected chi connectivity index (χ2v) is 5.51. The van der Waals surface area contributed by atoms with Gasteiger partial charge in [-0.25, -0.2) is 0 Å². The second-order valence-electron chi connectivity index (χ2n) is 4.59. The Morgan fingerprint density at radius 2 is 1.95 bits per heavy atom. The highest BCUT2D eigenvalue weighted by Crippen LogP contribution is 2.24. The first kappa shape index (κ1) is 16.1. The number of carbonyl (C=O) groups is 1. The Bertz CT molecular complexity index is 672. The Morgan fingerprint density at radius 3 is 2.64 bits per heavy atom. The number of nitrogens with one attached hydrogen (secondary N) is 1. The van der Waals surface area contributed by atoms with E-state index in [0.29, 0.717) is 5.75 Å². The predicted octanol–water partition coefficient (Wildman–Crippen LogP) is 3.64. The van der Waals surface area contributed by atoms with Gasteiger partial charge in [-0.15, -0.1) is 0 Å². The topological polar surface area (TPSA) is 41.6 Å². The fourth-order valence-corrected chi connectivity index (χ4v) is 2.30. The minimum atomic E-state index is -0.214. The molecule has 0 aliphatic rings. The van der Waals surface area contributed by atoms with E-state index in [0.717, 1.165) is 15.7 Å². The zero-order chi connectivity index (χ0) is 15.9. The lowest BCUT2D eigenvalue weighted by Gasteiger charge is -2.19. The van der Waals surface area contributed by atoms with Crippen LogP contribution in [0.5, 0.6) is 5.75 Å². The SMILES string of the molecule is COc1ccc(Br)cc1/C=C/C(=O)NN(C)c1ccccc1. The van der Waals surface area contributed by atoms with Crippen molar-refractivity contribution in [3.05, 3.63) is 64.6 Å². The van der Waals surface area contributed by atoms with Crippen molar-refractivity contribution in [1.82, 2.24) is 5.43 Å². The number of methoxy groups -OCH3 is 1. The van der Waals surface area contributed by atoms with Gasteiger partial charge in [-0.2, -0.15) is 0 Å². The van der Waals surface area contributed by atoms with Crippen LogP contribution in [0.25, 0.3) is 6.08 Å². The number of rotatable bonds is 5.